The Bertz CT molecular complexity index is 411. The van der Waals surface area contributed by atoms with Gasteiger partial charge in [0, 0.05) is 25.2 Å². The van der Waals surface area contributed by atoms with Gasteiger partial charge >= 0.3 is 0 Å². The van der Waals surface area contributed by atoms with E-state index in [1.807, 2.05) is 13.8 Å². The minimum Gasteiger partial charge on any atom is -0.334 e. The van der Waals surface area contributed by atoms with E-state index < -0.39 is 15.1 Å². The molecule has 2 rings (SSSR count). The van der Waals surface area contributed by atoms with Gasteiger partial charge in [0.1, 0.15) is 5.25 Å². The Kier molecular flexibility index (Phi) is 3.96. The van der Waals surface area contributed by atoms with Gasteiger partial charge in [-0.15, -0.1) is 0 Å². The molecule has 2 aliphatic heterocycles. The normalized spacial score (nSPS) is 36.3. The fourth-order valence-electron chi connectivity index (χ4n) is 2.96. The lowest BCUT2D eigenvalue weighted by atomic mass is 10.1. The molecule has 0 aromatic carbocycles. The average Bonchev–Trinajstić information content (AvgIpc) is 2.27. The maximum atomic E-state index is 12.5. The van der Waals surface area contributed by atoms with Crippen molar-refractivity contribution >= 4 is 15.7 Å². The van der Waals surface area contributed by atoms with Crippen molar-refractivity contribution in [3.05, 3.63) is 0 Å². The van der Waals surface area contributed by atoms with Crippen LogP contribution in [0.3, 0.4) is 0 Å². The first kappa shape index (κ1) is 13.8. The molecule has 3 atom stereocenters. The van der Waals surface area contributed by atoms with E-state index in [0.717, 1.165) is 19.5 Å². The van der Waals surface area contributed by atoms with E-state index in [4.69, 9.17) is 0 Å². The van der Waals surface area contributed by atoms with E-state index in [9.17, 15) is 13.2 Å². The van der Waals surface area contributed by atoms with Gasteiger partial charge in [0.25, 0.3) is 0 Å². The van der Waals surface area contributed by atoms with Crippen LogP contribution >= 0.6 is 0 Å². The van der Waals surface area contributed by atoms with Crippen LogP contribution in [0.25, 0.3) is 0 Å². The van der Waals surface area contributed by atoms with Crippen LogP contribution in [0.4, 0.5) is 0 Å². The van der Waals surface area contributed by atoms with Crippen LogP contribution in [0, 0.1) is 0 Å². The van der Waals surface area contributed by atoms with Gasteiger partial charge in [0.2, 0.25) is 5.91 Å². The molecule has 5 nitrogen and oxygen atoms in total. The number of carbonyl (C=O) groups excluding carboxylic acids is 1. The maximum Gasteiger partial charge on any atom is 0.241 e. The summed E-state index contributed by atoms with van der Waals surface area (Å²) in [5.41, 5.74) is 0. The standard InChI is InChI=1S/C12H22N2O3S/c1-9-7-13-8-10(2)14(9)12(15)11-5-3-4-6-18(11,16)17/h9-11,13H,3-8H2,1-2H3. The lowest BCUT2D eigenvalue weighted by Gasteiger charge is -2.41. The second-order valence-electron chi connectivity index (χ2n) is 5.45. The lowest BCUT2D eigenvalue weighted by Crippen LogP contribution is -2.60. The predicted molar refractivity (Wildman–Crippen MR) is 70.1 cm³/mol. The highest BCUT2D eigenvalue weighted by atomic mass is 32.2. The maximum absolute atomic E-state index is 12.5. The van der Waals surface area contributed by atoms with E-state index in [1.165, 1.54) is 0 Å². The third kappa shape index (κ3) is 2.54. The number of nitrogens with zero attached hydrogens (tertiary/aromatic N) is 1. The van der Waals surface area contributed by atoms with E-state index in [2.05, 4.69) is 5.32 Å². The summed E-state index contributed by atoms with van der Waals surface area (Å²) in [6.07, 6.45) is 2.02. The smallest absolute Gasteiger partial charge is 0.241 e. The molecular weight excluding hydrogens is 252 g/mol. The number of rotatable bonds is 1. The van der Waals surface area contributed by atoms with Gasteiger partial charge < -0.3 is 10.2 Å². The van der Waals surface area contributed by atoms with Gasteiger partial charge in [0.05, 0.1) is 5.75 Å². The molecule has 6 heteroatoms. The van der Waals surface area contributed by atoms with Crippen molar-refractivity contribution in [2.45, 2.75) is 50.4 Å². The summed E-state index contributed by atoms with van der Waals surface area (Å²) in [5, 5.41) is 2.45. The molecule has 0 bridgehead atoms. The number of sulfone groups is 1. The predicted octanol–water partition coefficient (Wildman–Crippen LogP) is 0.163. The molecule has 2 heterocycles. The minimum absolute atomic E-state index is 0.0679. The number of hydrogen-bond acceptors (Lipinski definition) is 4. The summed E-state index contributed by atoms with van der Waals surface area (Å²) in [4.78, 5) is 14.3. The van der Waals surface area contributed by atoms with Crippen LogP contribution in [-0.2, 0) is 14.6 Å². The molecule has 18 heavy (non-hydrogen) atoms. The zero-order valence-corrected chi connectivity index (χ0v) is 11.9. The SMILES string of the molecule is CC1CNCC(C)N1C(=O)C1CCCCS1(=O)=O. The van der Waals surface area contributed by atoms with Gasteiger partial charge in [-0.3, -0.25) is 4.79 Å². The molecule has 0 saturated carbocycles. The Morgan fingerprint density at radius 2 is 1.78 bits per heavy atom. The first-order valence-electron chi connectivity index (χ1n) is 6.68. The molecule has 0 radical (unpaired) electrons. The van der Waals surface area contributed by atoms with Gasteiger partial charge in [0.15, 0.2) is 9.84 Å². The fourth-order valence-corrected chi connectivity index (χ4v) is 4.81. The Morgan fingerprint density at radius 3 is 2.33 bits per heavy atom. The Morgan fingerprint density at radius 1 is 1.17 bits per heavy atom. The quantitative estimate of drug-likeness (QED) is 0.740. The largest absolute Gasteiger partial charge is 0.334 e. The van der Waals surface area contributed by atoms with Crippen molar-refractivity contribution in [1.82, 2.24) is 10.2 Å². The monoisotopic (exact) mass is 274 g/mol. The summed E-state index contributed by atoms with van der Waals surface area (Å²) in [6.45, 7) is 5.41. The van der Waals surface area contributed by atoms with Crippen molar-refractivity contribution in [3.63, 3.8) is 0 Å². The van der Waals surface area contributed by atoms with Crippen molar-refractivity contribution in [3.8, 4) is 0 Å². The summed E-state index contributed by atoms with van der Waals surface area (Å²) in [7, 11) is -3.23. The molecule has 2 saturated heterocycles. The molecule has 0 aliphatic carbocycles. The first-order valence-corrected chi connectivity index (χ1v) is 8.39. The van der Waals surface area contributed by atoms with Crippen molar-refractivity contribution in [1.29, 1.82) is 0 Å². The third-order valence-electron chi connectivity index (χ3n) is 3.94. The Balaban J connectivity index is 2.19. The molecule has 2 aliphatic rings. The van der Waals surface area contributed by atoms with Crippen molar-refractivity contribution < 1.29 is 13.2 Å². The summed E-state index contributed by atoms with van der Waals surface area (Å²) < 4.78 is 24.0. The van der Waals surface area contributed by atoms with Crippen LogP contribution in [0.5, 0.6) is 0 Å². The number of amides is 1. The average molecular weight is 274 g/mol. The topological polar surface area (TPSA) is 66.5 Å². The molecule has 104 valence electrons. The zero-order valence-electron chi connectivity index (χ0n) is 11.1. The summed E-state index contributed by atoms with van der Waals surface area (Å²) in [5.74, 6) is -0.0191. The fraction of sp³-hybridized carbons (Fsp3) is 0.917. The van der Waals surface area contributed by atoms with Gasteiger partial charge in [-0.2, -0.15) is 0 Å². The number of carbonyl (C=O) groups is 1. The summed E-state index contributed by atoms with van der Waals surface area (Å²) >= 11 is 0. The highest BCUT2D eigenvalue weighted by molar-refractivity contribution is 7.92. The molecule has 0 aromatic rings. The molecule has 0 aromatic heterocycles. The van der Waals surface area contributed by atoms with Gasteiger partial charge in [-0.25, -0.2) is 8.42 Å². The molecule has 0 spiro atoms. The van der Waals surface area contributed by atoms with E-state index in [0.29, 0.717) is 12.8 Å². The van der Waals surface area contributed by atoms with Crippen LogP contribution in [-0.4, -0.2) is 55.4 Å². The molecule has 3 unspecified atom stereocenters. The van der Waals surface area contributed by atoms with Gasteiger partial charge in [-0.1, -0.05) is 6.42 Å². The summed E-state index contributed by atoms with van der Waals surface area (Å²) in [6, 6.07) is 0.136. The Hall–Kier alpha value is -0.620. The first-order chi connectivity index (χ1) is 8.43. The second-order valence-corrected chi connectivity index (χ2v) is 7.76. The number of hydrogen-bond donors (Lipinski definition) is 1. The zero-order chi connectivity index (χ0) is 13.3. The van der Waals surface area contributed by atoms with E-state index in [1.54, 1.807) is 4.90 Å². The molecule has 1 amide bonds. The number of piperazine rings is 1. The van der Waals surface area contributed by atoms with E-state index in [-0.39, 0.29) is 23.7 Å². The number of nitrogens with one attached hydrogen (secondary N) is 1. The molecule has 1 N–H and O–H groups in total. The van der Waals surface area contributed by atoms with Gasteiger partial charge in [-0.05, 0) is 26.7 Å². The molecular formula is C12H22N2O3S. The van der Waals surface area contributed by atoms with Crippen LogP contribution in [0.2, 0.25) is 0 Å². The second kappa shape index (κ2) is 5.17. The van der Waals surface area contributed by atoms with Crippen molar-refractivity contribution in [2.75, 3.05) is 18.8 Å². The van der Waals surface area contributed by atoms with Crippen molar-refractivity contribution in [2.24, 2.45) is 0 Å². The van der Waals surface area contributed by atoms with Crippen LogP contribution in [0.15, 0.2) is 0 Å². The van der Waals surface area contributed by atoms with E-state index >= 15 is 0 Å². The molecule has 2 fully saturated rings. The van der Waals surface area contributed by atoms with Crippen LogP contribution in [0.1, 0.15) is 33.1 Å². The minimum atomic E-state index is -3.23. The third-order valence-corrected chi connectivity index (χ3v) is 6.10. The highest BCUT2D eigenvalue weighted by Crippen LogP contribution is 2.24. The highest BCUT2D eigenvalue weighted by Gasteiger charge is 2.40. The van der Waals surface area contributed by atoms with Crippen LogP contribution < -0.4 is 5.32 Å². The lowest BCUT2D eigenvalue weighted by molar-refractivity contribution is -0.136. The Labute approximate surface area is 109 Å².